The van der Waals surface area contributed by atoms with E-state index in [0.717, 1.165) is 5.56 Å². The number of esters is 1. The lowest BCUT2D eigenvalue weighted by atomic mass is 10.0. The highest BCUT2D eigenvalue weighted by molar-refractivity contribution is 5.98. The summed E-state index contributed by atoms with van der Waals surface area (Å²) in [4.78, 5) is 23.7. The fourth-order valence-corrected chi connectivity index (χ4v) is 1.95. The normalized spacial score (nSPS) is 12.6. The van der Waals surface area contributed by atoms with Gasteiger partial charge in [0.25, 0.3) is 5.91 Å². The van der Waals surface area contributed by atoms with Gasteiger partial charge in [-0.15, -0.1) is 0 Å². The first-order valence-electron chi connectivity index (χ1n) is 8.42. The van der Waals surface area contributed by atoms with Crippen LogP contribution in [0.3, 0.4) is 0 Å². The van der Waals surface area contributed by atoms with Crippen LogP contribution in [0, 0.1) is 17.2 Å². The number of rotatable bonds is 7. The molecule has 0 aliphatic carbocycles. The van der Waals surface area contributed by atoms with Crippen LogP contribution < -0.4 is 5.32 Å². The van der Waals surface area contributed by atoms with E-state index in [1.807, 2.05) is 51.1 Å². The van der Waals surface area contributed by atoms with Crippen molar-refractivity contribution in [3.63, 3.8) is 0 Å². The molecule has 0 radical (unpaired) electrons. The fourth-order valence-electron chi connectivity index (χ4n) is 1.95. The lowest BCUT2D eigenvalue weighted by Gasteiger charge is -2.17. The maximum absolute atomic E-state index is 12.0. The van der Waals surface area contributed by atoms with Gasteiger partial charge < -0.3 is 10.1 Å². The number of carbonyl (C=O) groups excluding carboxylic acids is 2. The Balaban J connectivity index is 2.68. The van der Waals surface area contributed by atoms with Crippen molar-refractivity contribution < 1.29 is 14.3 Å². The standard InChI is InChI=1S/C20H26N2O3/c1-13(2)15(5)22-19(23)12-25-20(24)18(11-21)10-16-6-8-17(9-7-16)14(3)4/h6-10,13-15H,12H2,1-5H3,(H,22,23)/b18-10+/t15-/m1/s1. The first-order chi connectivity index (χ1) is 11.7. The zero-order valence-corrected chi connectivity index (χ0v) is 15.5. The zero-order chi connectivity index (χ0) is 19.0. The maximum Gasteiger partial charge on any atom is 0.349 e. The van der Waals surface area contributed by atoms with Crippen LogP contribution in [0.1, 0.15) is 51.7 Å². The summed E-state index contributed by atoms with van der Waals surface area (Å²) in [5.41, 5.74) is 1.77. The van der Waals surface area contributed by atoms with Gasteiger partial charge in [-0.25, -0.2) is 4.79 Å². The minimum Gasteiger partial charge on any atom is -0.451 e. The molecule has 1 aromatic rings. The van der Waals surface area contributed by atoms with Crippen LogP contribution in [0.15, 0.2) is 29.8 Å². The molecule has 0 saturated carbocycles. The van der Waals surface area contributed by atoms with Crippen molar-refractivity contribution in [2.45, 2.75) is 46.6 Å². The number of hydrogen-bond acceptors (Lipinski definition) is 4. The Kier molecular flexibility index (Phi) is 7.87. The van der Waals surface area contributed by atoms with Gasteiger partial charge in [-0.1, -0.05) is 52.0 Å². The minimum atomic E-state index is -0.803. The third-order valence-corrected chi connectivity index (χ3v) is 3.98. The van der Waals surface area contributed by atoms with E-state index in [4.69, 9.17) is 10.00 Å². The van der Waals surface area contributed by atoms with Crippen molar-refractivity contribution in [1.82, 2.24) is 5.32 Å². The first kappa shape index (κ1) is 20.4. The molecule has 0 bridgehead atoms. The molecular weight excluding hydrogens is 316 g/mol. The van der Waals surface area contributed by atoms with Crippen LogP contribution in [0.4, 0.5) is 0 Å². The van der Waals surface area contributed by atoms with Gasteiger partial charge in [0.1, 0.15) is 11.6 Å². The molecule has 1 atom stereocenters. The lowest BCUT2D eigenvalue weighted by Crippen LogP contribution is -2.38. The molecule has 0 aliphatic heterocycles. The molecule has 0 unspecified atom stereocenters. The zero-order valence-electron chi connectivity index (χ0n) is 15.5. The van der Waals surface area contributed by atoms with Crippen molar-refractivity contribution in [3.05, 3.63) is 41.0 Å². The van der Waals surface area contributed by atoms with Crippen molar-refractivity contribution >= 4 is 18.0 Å². The van der Waals surface area contributed by atoms with E-state index in [0.29, 0.717) is 5.92 Å². The monoisotopic (exact) mass is 342 g/mol. The summed E-state index contributed by atoms with van der Waals surface area (Å²) in [6.07, 6.45) is 1.46. The molecule has 0 aromatic heterocycles. The van der Waals surface area contributed by atoms with Crippen LogP contribution in [0.2, 0.25) is 0 Å². The molecule has 1 N–H and O–H groups in total. The summed E-state index contributed by atoms with van der Waals surface area (Å²) in [5, 5.41) is 11.9. The maximum atomic E-state index is 12.0. The molecule has 5 heteroatoms. The molecule has 0 aliphatic rings. The van der Waals surface area contributed by atoms with Crippen LogP contribution in [0.25, 0.3) is 6.08 Å². The highest BCUT2D eigenvalue weighted by atomic mass is 16.5. The molecule has 1 aromatic carbocycles. The summed E-state index contributed by atoms with van der Waals surface area (Å²) in [6, 6.07) is 9.41. The van der Waals surface area contributed by atoms with E-state index >= 15 is 0 Å². The van der Waals surface area contributed by atoms with Crippen LogP contribution in [-0.2, 0) is 14.3 Å². The molecule has 25 heavy (non-hydrogen) atoms. The highest BCUT2D eigenvalue weighted by Crippen LogP contribution is 2.16. The lowest BCUT2D eigenvalue weighted by molar-refractivity contribution is -0.144. The topological polar surface area (TPSA) is 79.2 Å². The summed E-state index contributed by atoms with van der Waals surface area (Å²) < 4.78 is 4.93. The molecule has 1 rings (SSSR count). The molecule has 0 heterocycles. The quantitative estimate of drug-likeness (QED) is 0.468. The largest absolute Gasteiger partial charge is 0.451 e. The predicted molar refractivity (Wildman–Crippen MR) is 97.5 cm³/mol. The van der Waals surface area contributed by atoms with E-state index in [-0.39, 0.29) is 23.4 Å². The summed E-state index contributed by atoms with van der Waals surface area (Å²) in [6.45, 7) is 9.63. The molecule has 0 saturated heterocycles. The van der Waals surface area contributed by atoms with Crippen molar-refractivity contribution in [2.24, 2.45) is 5.92 Å². The minimum absolute atomic E-state index is 0.0170. The van der Waals surface area contributed by atoms with E-state index in [1.54, 1.807) is 0 Å². The summed E-state index contributed by atoms with van der Waals surface area (Å²) in [7, 11) is 0. The summed E-state index contributed by atoms with van der Waals surface area (Å²) in [5.74, 6) is -0.496. The van der Waals surface area contributed by atoms with Gasteiger partial charge in [-0.05, 0) is 36.0 Å². The van der Waals surface area contributed by atoms with Crippen molar-refractivity contribution in [1.29, 1.82) is 5.26 Å². The highest BCUT2D eigenvalue weighted by Gasteiger charge is 2.15. The number of ether oxygens (including phenoxy) is 1. The third kappa shape index (κ3) is 6.80. The van der Waals surface area contributed by atoms with Gasteiger partial charge in [0.05, 0.1) is 0 Å². The van der Waals surface area contributed by atoms with Gasteiger partial charge in [-0.2, -0.15) is 5.26 Å². The van der Waals surface area contributed by atoms with E-state index < -0.39 is 12.6 Å². The Morgan fingerprint density at radius 3 is 2.24 bits per heavy atom. The number of carbonyl (C=O) groups is 2. The van der Waals surface area contributed by atoms with Gasteiger partial charge in [-0.3, -0.25) is 4.79 Å². The predicted octanol–water partition coefficient (Wildman–Crippen LogP) is 3.42. The molecular formula is C20H26N2O3. The van der Waals surface area contributed by atoms with Gasteiger partial charge >= 0.3 is 5.97 Å². The van der Waals surface area contributed by atoms with E-state index in [2.05, 4.69) is 19.2 Å². The molecule has 134 valence electrons. The Morgan fingerprint density at radius 2 is 1.76 bits per heavy atom. The molecule has 1 amide bonds. The van der Waals surface area contributed by atoms with E-state index in [1.165, 1.54) is 11.6 Å². The molecule has 0 fully saturated rings. The Bertz CT molecular complexity index is 667. The SMILES string of the molecule is CC(C)c1ccc(/C=C(\C#N)C(=O)OCC(=O)N[C@H](C)C(C)C)cc1. The fraction of sp³-hybridized carbons (Fsp3) is 0.450. The number of benzene rings is 1. The van der Waals surface area contributed by atoms with Crippen LogP contribution in [0.5, 0.6) is 0 Å². The Morgan fingerprint density at radius 1 is 1.16 bits per heavy atom. The van der Waals surface area contributed by atoms with E-state index in [9.17, 15) is 9.59 Å². The first-order valence-corrected chi connectivity index (χ1v) is 8.42. The smallest absolute Gasteiger partial charge is 0.349 e. The number of nitrogens with zero attached hydrogens (tertiary/aromatic N) is 1. The summed E-state index contributed by atoms with van der Waals surface area (Å²) >= 11 is 0. The van der Waals surface area contributed by atoms with Gasteiger partial charge in [0, 0.05) is 6.04 Å². The Labute approximate surface area is 149 Å². The average Bonchev–Trinajstić information content (AvgIpc) is 2.57. The second-order valence-corrected chi connectivity index (χ2v) is 6.67. The third-order valence-electron chi connectivity index (χ3n) is 3.98. The number of nitrogens with one attached hydrogen (secondary N) is 1. The number of nitriles is 1. The second-order valence-electron chi connectivity index (χ2n) is 6.67. The number of amides is 1. The van der Waals surface area contributed by atoms with Crippen molar-refractivity contribution in [3.8, 4) is 6.07 Å². The second kappa shape index (κ2) is 9.63. The van der Waals surface area contributed by atoms with Gasteiger partial charge in [0.2, 0.25) is 0 Å². The van der Waals surface area contributed by atoms with Crippen LogP contribution >= 0.6 is 0 Å². The molecule has 5 nitrogen and oxygen atoms in total. The Hall–Kier alpha value is -2.61. The molecule has 0 spiro atoms. The van der Waals surface area contributed by atoms with Crippen LogP contribution in [-0.4, -0.2) is 24.5 Å². The average molecular weight is 342 g/mol. The number of hydrogen-bond donors (Lipinski definition) is 1. The van der Waals surface area contributed by atoms with Gasteiger partial charge in [0.15, 0.2) is 6.61 Å². The van der Waals surface area contributed by atoms with Crippen molar-refractivity contribution in [2.75, 3.05) is 6.61 Å².